The molecule has 0 aliphatic carbocycles. The number of rotatable bonds is 12. The van der Waals surface area contributed by atoms with Crippen LogP contribution in [-0.2, 0) is 12.8 Å². The van der Waals surface area contributed by atoms with Gasteiger partial charge < -0.3 is 23.6 Å². The maximum atomic E-state index is 13.5. The van der Waals surface area contributed by atoms with Crippen molar-refractivity contribution in [2.45, 2.75) is 12.8 Å². The van der Waals surface area contributed by atoms with E-state index in [9.17, 15) is 14.9 Å². The maximum Gasteiger partial charge on any atom is 0.270 e. The van der Waals surface area contributed by atoms with E-state index in [1.54, 1.807) is 44.4 Å². The van der Waals surface area contributed by atoms with Crippen LogP contribution in [0.3, 0.4) is 0 Å². The molecule has 0 aliphatic heterocycles. The van der Waals surface area contributed by atoms with E-state index < -0.39 is 4.92 Å². The highest BCUT2D eigenvalue weighted by molar-refractivity contribution is 5.94. The monoisotopic (exact) mass is 532 g/mol. The normalized spacial score (nSPS) is 10.6. The smallest absolute Gasteiger partial charge is 0.270 e. The van der Waals surface area contributed by atoms with Crippen LogP contribution < -0.4 is 14.2 Å². The lowest BCUT2D eigenvalue weighted by Gasteiger charge is -2.22. The molecule has 0 radical (unpaired) electrons. The molecule has 4 rings (SSSR count). The summed E-state index contributed by atoms with van der Waals surface area (Å²) in [5, 5.41) is 15.3. The van der Waals surface area contributed by atoms with Crippen molar-refractivity contribution in [3.8, 4) is 28.6 Å². The molecule has 0 bridgehead atoms. The molecule has 0 saturated heterocycles. The maximum absolute atomic E-state index is 13.5. The number of carbonyl (C=O) groups excluding carboxylic acids is 1. The predicted molar refractivity (Wildman–Crippen MR) is 142 cm³/mol. The molecule has 11 heteroatoms. The second-order valence-corrected chi connectivity index (χ2v) is 8.53. The minimum absolute atomic E-state index is 0.152. The number of methoxy groups -OCH3 is 3. The van der Waals surface area contributed by atoms with E-state index in [2.05, 4.69) is 10.1 Å². The Balaban J connectivity index is 1.53. The average Bonchev–Trinajstić information content (AvgIpc) is 3.46. The second kappa shape index (κ2) is 12.5. The van der Waals surface area contributed by atoms with Gasteiger partial charge in [0.2, 0.25) is 11.7 Å². The van der Waals surface area contributed by atoms with Gasteiger partial charge in [-0.15, -0.1) is 0 Å². The van der Waals surface area contributed by atoms with E-state index in [1.165, 1.54) is 18.2 Å². The standard InChI is InChI=1S/C28H28N4O7/c1-36-23-9-5-6-20(18-23)27-29-26(39-30-27)13-15-31(28(33)21-7-4-8-22(17-21)32(34)35)14-12-19-10-11-24(37-2)25(16-19)38-3/h4-11,16-18H,12-15H2,1-3H3. The van der Waals surface area contributed by atoms with E-state index in [0.717, 1.165) is 11.1 Å². The number of nitro benzene ring substituents is 1. The Morgan fingerprint density at radius 3 is 2.44 bits per heavy atom. The number of benzene rings is 3. The van der Waals surface area contributed by atoms with E-state index in [1.807, 2.05) is 30.3 Å². The lowest BCUT2D eigenvalue weighted by atomic mass is 10.1. The summed E-state index contributed by atoms with van der Waals surface area (Å²) in [5.74, 6) is 2.28. The zero-order chi connectivity index (χ0) is 27.8. The topological polar surface area (TPSA) is 130 Å². The lowest BCUT2D eigenvalue weighted by molar-refractivity contribution is -0.384. The molecule has 4 aromatic rings. The molecule has 39 heavy (non-hydrogen) atoms. The van der Waals surface area contributed by atoms with Crippen molar-refractivity contribution >= 4 is 11.6 Å². The molecular weight excluding hydrogens is 504 g/mol. The Morgan fingerprint density at radius 1 is 0.923 bits per heavy atom. The Labute approximate surface area is 225 Å². The van der Waals surface area contributed by atoms with Gasteiger partial charge in [-0.25, -0.2) is 0 Å². The van der Waals surface area contributed by atoms with E-state index in [0.29, 0.717) is 48.4 Å². The predicted octanol–water partition coefficient (Wildman–Crippen LogP) is 4.60. The summed E-state index contributed by atoms with van der Waals surface area (Å²) in [7, 11) is 4.70. The largest absolute Gasteiger partial charge is 0.497 e. The van der Waals surface area contributed by atoms with Crippen LogP contribution in [0.1, 0.15) is 21.8 Å². The van der Waals surface area contributed by atoms with Gasteiger partial charge in [0.05, 0.1) is 26.3 Å². The minimum Gasteiger partial charge on any atom is -0.497 e. The molecule has 3 aromatic carbocycles. The zero-order valence-corrected chi connectivity index (χ0v) is 21.8. The van der Waals surface area contributed by atoms with E-state index >= 15 is 0 Å². The van der Waals surface area contributed by atoms with Crippen LogP contribution in [0.4, 0.5) is 5.69 Å². The van der Waals surface area contributed by atoms with Gasteiger partial charge in [0.15, 0.2) is 11.5 Å². The van der Waals surface area contributed by atoms with E-state index in [4.69, 9.17) is 18.7 Å². The Morgan fingerprint density at radius 2 is 1.69 bits per heavy atom. The van der Waals surface area contributed by atoms with Crippen LogP contribution in [0, 0.1) is 10.1 Å². The van der Waals surface area contributed by atoms with Crippen molar-refractivity contribution in [3.05, 3.63) is 93.9 Å². The molecule has 0 atom stereocenters. The third-order valence-corrected chi connectivity index (χ3v) is 6.10. The van der Waals surface area contributed by atoms with Crippen LogP contribution in [0.15, 0.2) is 71.3 Å². The lowest BCUT2D eigenvalue weighted by Crippen LogP contribution is -2.35. The van der Waals surface area contributed by atoms with Crippen molar-refractivity contribution in [1.29, 1.82) is 0 Å². The van der Waals surface area contributed by atoms with E-state index in [-0.39, 0.29) is 23.7 Å². The molecule has 202 valence electrons. The number of ether oxygens (including phenoxy) is 3. The number of hydrogen-bond acceptors (Lipinski definition) is 9. The first-order valence-electron chi connectivity index (χ1n) is 12.1. The highest BCUT2D eigenvalue weighted by atomic mass is 16.6. The number of aromatic nitrogens is 2. The number of carbonyl (C=O) groups is 1. The highest BCUT2D eigenvalue weighted by Crippen LogP contribution is 2.28. The molecule has 0 spiro atoms. The fraction of sp³-hybridized carbons (Fsp3) is 0.250. The summed E-state index contributed by atoms with van der Waals surface area (Å²) in [6.45, 7) is 0.600. The highest BCUT2D eigenvalue weighted by Gasteiger charge is 2.20. The summed E-state index contributed by atoms with van der Waals surface area (Å²) >= 11 is 0. The van der Waals surface area contributed by atoms with Gasteiger partial charge in [0.25, 0.3) is 11.6 Å². The first-order valence-corrected chi connectivity index (χ1v) is 12.1. The fourth-order valence-corrected chi connectivity index (χ4v) is 4.02. The Bertz CT molecular complexity index is 1450. The van der Waals surface area contributed by atoms with Crippen molar-refractivity contribution in [3.63, 3.8) is 0 Å². The molecule has 1 aromatic heterocycles. The number of non-ortho nitro benzene ring substituents is 1. The van der Waals surface area contributed by atoms with Gasteiger partial charge in [0, 0.05) is 42.8 Å². The molecular formula is C28H28N4O7. The summed E-state index contributed by atoms with van der Waals surface area (Å²) in [6, 6.07) is 18.5. The van der Waals surface area contributed by atoms with Crippen LogP contribution in [0.2, 0.25) is 0 Å². The van der Waals surface area contributed by atoms with Gasteiger partial charge in [0.1, 0.15) is 5.75 Å². The molecule has 0 saturated carbocycles. The van der Waals surface area contributed by atoms with Gasteiger partial charge in [-0.05, 0) is 42.3 Å². The first kappa shape index (κ1) is 27.1. The van der Waals surface area contributed by atoms with Crippen molar-refractivity contribution in [2.75, 3.05) is 34.4 Å². The molecule has 0 N–H and O–H groups in total. The summed E-state index contributed by atoms with van der Waals surface area (Å²) in [4.78, 5) is 30.3. The Hall–Kier alpha value is -4.93. The number of hydrogen-bond donors (Lipinski definition) is 0. The average molecular weight is 533 g/mol. The molecule has 0 fully saturated rings. The summed E-state index contributed by atoms with van der Waals surface area (Å²) in [5.41, 5.74) is 1.74. The molecule has 0 aliphatic rings. The van der Waals surface area contributed by atoms with Crippen molar-refractivity contribution in [1.82, 2.24) is 15.0 Å². The summed E-state index contributed by atoms with van der Waals surface area (Å²) < 4.78 is 21.4. The fourth-order valence-electron chi connectivity index (χ4n) is 4.02. The SMILES string of the molecule is COc1cccc(-c2noc(CCN(CCc3ccc(OC)c(OC)c3)C(=O)c3cccc([N+](=O)[O-])c3)n2)c1. The third-order valence-electron chi connectivity index (χ3n) is 6.10. The van der Waals surface area contributed by atoms with Gasteiger partial charge >= 0.3 is 0 Å². The number of amides is 1. The molecule has 0 unspecified atom stereocenters. The van der Waals surface area contributed by atoms with Crippen LogP contribution in [0.25, 0.3) is 11.4 Å². The number of nitrogens with zero attached hydrogens (tertiary/aromatic N) is 4. The third kappa shape index (κ3) is 6.69. The molecule has 1 heterocycles. The van der Waals surface area contributed by atoms with Crippen molar-refractivity contribution < 1.29 is 28.5 Å². The Kier molecular flexibility index (Phi) is 8.72. The summed E-state index contributed by atoms with van der Waals surface area (Å²) in [6.07, 6.45) is 0.809. The van der Waals surface area contributed by atoms with Gasteiger partial charge in [-0.1, -0.05) is 29.4 Å². The van der Waals surface area contributed by atoms with Crippen LogP contribution in [0.5, 0.6) is 17.2 Å². The second-order valence-electron chi connectivity index (χ2n) is 8.53. The van der Waals surface area contributed by atoms with Gasteiger partial charge in [-0.3, -0.25) is 14.9 Å². The zero-order valence-electron chi connectivity index (χ0n) is 21.8. The van der Waals surface area contributed by atoms with Crippen molar-refractivity contribution in [2.24, 2.45) is 0 Å². The quantitative estimate of drug-likeness (QED) is 0.190. The first-order chi connectivity index (χ1) is 18.9. The molecule has 1 amide bonds. The number of nitro groups is 1. The van der Waals surface area contributed by atoms with Gasteiger partial charge in [-0.2, -0.15) is 4.98 Å². The molecule has 11 nitrogen and oxygen atoms in total. The van der Waals surface area contributed by atoms with Crippen LogP contribution in [-0.4, -0.2) is 60.3 Å². The minimum atomic E-state index is -0.525. The van der Waals surface area contributed by atoms with Crippen LogP contribution >= 0.6 is 0 Å².